The first kappa shape index (κ1) is 13.8. The van der Waals surface area contributed by atoms with Crippen molar-refractivity contribution in [3.05, 3.63) is 35.6 Å². The first-order valence-corrected chi connectivity index (χ1v) is 7.25. The maximum atomic E-state index is 12.1. The number of fused-ring (bicyclic) bond motifs is 1. The van der Waals surface area contributed by atoms with Crippen LogP contribution in [-0.2, 0) is 16.6 Å². The summed E-state index contributed by atoms with van der Waals surface area (Å²) in [6.45, 7) is 5.56. The van der Waals surface area contributed by atoms with Crippen molar-refractivity contribution >= 4 is 27.7 Å². The lowest BCUT2D eigenvalue weighted by molar-refractivity contribution is 0.0697. The van der Waals surface area contributed by atoms with Gasteiger partial charge in [0.05, 0.1) is 5.75 Å². The molecular weight excluding hydrogens is 264 g/mol. The molecule has 0 bridgehead atoms. The molecule has 0 fully saturated rings. The summed E-state index contributed by atoms with van der Waals surface area (Å²) in [5.41, 5.74) is 0.633. The minimum atomic E-state index is -1.20. The molecule has 2 aromatic rings. The molecule has 1 aromatic heterocycles. The predicted molar refractivity (Wildman–Crippen MR) is 74.8 cm³/mol. The van der Waals surface area contributed by atoms with Crippen molar-refractivity contribution in [2.45, 2.75) is 31.3 Å². The number of carboxylic acids is 1. The van der Waals surface area contributed by atoms with Crippen molar-refractivity contribution in [2.75, 3.05) is 0 Å². The molecule has 19 heavy (non-hydrogen) atoms. The van der Waals surface area contributed by atoms with E-state index in [-0.39, 0.29) is 17.1 Å². The van der Waals surface area contributed by atoms with E-state index in [2.05, 4.69) is 0 Å². The van der Waals surface area contributed by atoms with Crippen LogP contribution in [0.15, 0.2) is 28.7 Å². The molecule has 0 aliphatic heterocycles. The van der Waals surface area contributed by atoms with Gasteiger partial charge in [-0.25, -0.2) is 4.79 Å². The Labute approximate surface area is 113 Å². The number of hydrogen-bond donors (Lipinski definition) is 1. The van der Waals surface area contributed by atoms with Crippen molar-refractivity contribution in [2.24, 2.45) is 0 Å². The van der Waals surface area contributed by atoms with E-state index in [1.54, 1.807) is 24.3 Å². The second-order valence-corrected chi connectivity index (χ2v) is 7.51. The van der Waals surface area contributed by atoms with Gasteiger partial charge in [-0.15, -0.1) is 0 Å². The van der Waals surface area contributed by atoms with Gasteiger partial charge in [0.25, 0.3) is 0 Å². The van der Waals surface area contributed by atoms with Gasteiger partial charge in [-0.05, 0) is 26.8 Å². The zero-order valence-electron chi connectivity index (χ0n) is 11.1. The topological polar surface area (TPSA) is 67.5 Å². The number of para-hydroxylation sites is 1. The lowest BCUT2D eigenvalue weighted by Gasteiger charge is -2.16. The van der Waals surface area contributed by atoms with Crippen molar-refractivity contribution < 1.29 is 18.5 Å². The molecule has 4 nitrogen and oxygen atoms in total. The zero-order valence-corrected chi connectivity index (χ0v) is 11.9. The summed E-state index contributed by atoms with van der Waals surface area (Å²) in [5, 5.41) is 9.86. The lowest BCUT2D eigenvalue weighted by atomic mass is 10.1. The van der Waals surface area contributed by atoms with Gasteiger partial charge in [0.15, 0.2) is 0 Å². The summed E-state index contributed by atoms with van der Waals surface area (Å²) in [4.78, 5) is 11.4. The fourth-order valence-electron chi connectivity index (χ4n) is 1.77. The van der Waals surface area contributed by atoms with Crippen molar-refractivity contribution in [3.8, 4) is 0 Å². The molecule has 0 spiro atoms. The van der Waals surface area contributed by atoms with Gasteiger partial charge in [0.1, 0.15) is 16.9 Å². The number of furan rings is 1. The molecule has 102 valence electrons. The molecule has 1 atom stereocenters. The average Bonchev–Trinajstić information content (AvgIpc) is 2.65. The summed E-state index contributed by atoms with van der Waals surface area (Å²) in [7, 11) is -1.20. The molecule has 1 unspecified atom stereocenters. The maximum absolute atomic E-state index is 12.1. The van der Waals surface area contributed by atoms with Crippen LogP contribution in [0.4, 0.5) is 0 Å². The fraction of sp³-hybridized carbons (Fsp3) is 0.357. The quantitative estimate of drug-likeness (QED) is 0.937. The molecule has 1 heterocycles. The van der Waals surface area contributed by atoms with E-state index in [1.807, 2.05) is 20.8 Å². The highest BCUT2D eigenvalue weighted by Crippen LogP contribution is 2.28. The molecule has 0 saturated carbocycles. The smallest absolute Gasteiger partial charge is 0.339 e. The monoisotopic (exact) mass is 280 g/mol. The van der Waals surface area contributed by atoms with Gasteiger partial charge in [-0.2, -0.15) is 0 Å². The fourth-order valence-corrected chi connectivity index (χ4v) is 2.64. The third kappa shape index (κ3) is 2.71. The number of hydrogen-bond acceptors (Lipinski definition) is 3. The summed E-state index contributed by atoms with van der Waals surface area (Å²) < 4.78 is 17.3. The number of rotatable bonds is 3. The molecule has 0 saturated heterocycles. The highest BCUT2D eigenvalue weighted by Gasteiger charge is 2.26. The third-order valence-electron chi connectivity index (χ3n) is 2.83. The number of carbonyl (C=O) groups is 1. The average molecular weight is 280 g/mol. The van der Waals surface area contributed by atoms with Crippen molar-refractivity contribution in [1.29, 1.82) is 0 Å². The van der Waals surface area contributed by atoms with Gasteiger partial charge in [-0.1, -0.05) is 18.2 Å². The van der Waals surface area contributed by atoms with Crippen LogP contribution in [0.3, 0.4) is 0 Å². The largest absolute Gasteiger partial charge is 0.478 e. The zero-order chi connectivity index (χ0) is 14.2. The minimum Gasteiger partial charge on any atom is -0.478 e. The van der Waals surface area contributed by atoms with Crippen LogP contribution in [-0.4, -0.2) is 20.0 Å². The Morgan fingerprint density at radius 1 is 1.32 bits per heavy atom. The summed E-state index contributed by atoms with van der Waals surface area (Å²) in [6.07, 6.45) is 0. The molecule has 0 amide bonds. The van der Waals surface area contributed by atoms with E-state index in [0.29, 0.717) is 11.0 Å². The van der Waals surface area contributed by atoms with E-state index in [9.17, 15) is 14.1 Å². The van der Waals surface area contributed by atoms with E-state index >= 15 is 0 Å². The molecule has 0 radical (unpaired) electrons. The number of carboxylic acid groups (broad SMARTS) is 1. The van der Waals surface area contributed by atoms with Crippen LogP contribution < -0.4 is 0 Å². The van der Waals surface area contributed by atoms with Gasteiger partial charge >= 0.3 is 5.97 Å². The Hall–Kier alpha value is -1.62. The number of aromatic carboxylic acids is 1. The second-order valence-electron chi connectivity index (χ2n) is 5.30. The Morgan fingerprint density at radius 3 is 2.53 bits per heavy atom. The van der Waals surface area contributed by atoms with Gasteiger partial charge in [0.2, 0.25) is 0 Å². The highest BCUT2D eigenvalue weighted by molar-refractivity contribution is 7.85. The van der Waals surface area contributed by atoms with Crippen LogP contribution >= 0.6 is 0 Å². The Balaban J connectivity index is 2.51. The molecule has 2 rings (SSSR count). The van der Waals surface area contributed by atoms with Gasteiger partial charge in [0, 0.05) is 20.9 Å². The van der Waals surface area contributed by atoms with Crippen LogP contribution in [0, 0.1) is 0 Å². The van der Waals surface area contributed by atoms with Crippen LogP contribution in [0.2, 0.25) is 0 Å². The summed E-state index contributed by atoms with van der Waals surface area (Å²) in [5.74, 6) is -0.660. The molecule has 1 aromatic carbocycles. The van der Waals surface area contributed by atoms with E-state index in [0.717, 1.165) is 0 Å². The third-order valence-corrected chi connectivity index (χ3v) is 4.72. The molecule has 1 N–H and O–H groups in total. The summed E-state index contributed by atoms with van der Waals surface area (Å²) >= 11 is 0. The predicted octanol–water partition coefficient (Wildman–Crippen LogP) is 3.18. The van der Waals surface area contributed by atoms with Crippen LogP contribution in [0.1, 0.15) is 36.9 Å². The SMILES string of the molecule is CC(C)(C)S(=O)Cc1oc2ccccc2c1C(=O)O. The Morgan fingerprint density at radius 2 is 1.95 bits per heavy atom. The molecular formula is C14H16O4S. The van der Waals surface area contributed by atoms with Gasteiger partial charge < -0.3 is 9.52 Å². The second kappa shape index (κ2) is 4.81. The van der Waals surface area contributed by atoms with Crippen molar-refractivity contribution in [3.63, 3.8) is 0 Å². The first-order valence-electron chi connectivity index (χ1n) is 5.93. The Bertz CT molecular complexity index is 649. The maximum Gasteiger partial charge on any atom is 0.339 e. The highest BCUT2D eigenvalue weighted by atomic mass is 32.2. The van der Waals surface area contributed by atoms with Crippen LogP contribution in [0.25, 0.3) is 11.0 Å². The van der Waals surface area contributed by atoms with E-state index in [1.165, 1.54) is 0 Å². The van der Waals surface area contributed by atoms with Crippen LogP contribution in [0.5, 0.6) is 0 Å². The normalized spacial score (nSPS) is 13.6. The molecule has 0 aliphatic rings. The van der Waals surface area contributed by atoms with Crippen molar-refractivity contribution in [1.82, 2.24) is 0 Å². The molecule has 5 heteroatoms. The number of benzene rings is 1. The van der Waals surface area contributed by atoms with E-state index < -0.39 is 21.5 Å². The minimum absolute atomic E-state index is 0.111. The summed E-state index contributed by atoms with van der Waals surface area (Å²) in [6, 6.07) is 6.95. The van der Waals surface area contributed by atoms with E-state index in [4.69, 9.17) is 4.42 Å². The standard InChI is InChI=1S/C14H16O4S/c1-14(2,3)19(17)8-11-12(13(15)16)9-6-4-5-7-10(9)18-11/h4-7H,8H2,1-3H3,(H,15,16). The lowest BCUT2D eigenvalue weighted by Crippen LogP contribution is -2.23. The van der Waals surface area contributed by atoms with Gasteiger partial charge in [-0.3, -0.25) is 4.21 Å². The molecule has 0 aliphatic carbocycles. The Kier molecular flexibility index (Phi) is 3.49. The first-order chi connectivity index (χ1) is 8.80.